The van der Waals surface area contributed by atoms with E-state index in [-0.39, 0.29) is 11.2 Å². The van der Waals surface area contributed by atoms with E-state index >= 15 is 0 Å². The highest BCUT2D eigenvalue weighted by atomic mass is 35.5. The minimum atomic E-state index is -0.439. The van der Waals surface area contributed by atoms with E-state index in [0.717, 1.165) is 0 Å². The zero-order valence-corrected chi connectivity index (χ0v) is 12.3. The molecule has 2 aromatic rings. The Balaban J connectivity index is 2.11. The Labute approximate surface area is 121 Å². The summed E-state index contributed by atoms with van der Waals surface area (Å²) in [6, 6.07) is -0.439. The molecular weight excluding hydrogens is 280 g/mol. The van der Waals surface area contributed by atoms with Crippen LogP contribution in [0.2, 0.25) is 5.28 Å². The lowest BCUT2D eigenvalue weighted by Crippen LogP contribution is -2.39. The molecule has 0 aliphatic rings. The second-order valence-corrected chi connectivity index (χ2v) is 5.29. The van der Waals surface area contributed by atoms with Gasteiger partial charge >= 0.3 is 0 Å². The minimum Gasteiger partial charge on any atom is -0.357 e. The third kappa shape index (κ3) is 3.36. The molecule has 1 unspecified atom stereocenters. The van der Waals surface area contributed by atoms with Gasteiger partial charge in [-0.15, -0.1) is 0 Å². The van der Waals surface area contributed by atoms with Gasteiger partial charge in [0.2, 0.25) is 11.2 Å². The Hall–Kier alpha value is -1.89. The number of amides is 1. The monoisotopic (exact) mass is 296 g/mol. The lowest BCUT2D eigenvalue weighted by atomic mass is 10.2. The number of halogens is 1. The molecule has 0 aliphatic carbocycles. The first-order valence-electron chi connectivity index (χ1n) is 6.38. The molecule has 2 aromatic heterocycles. The van der Waals surface area contributed by atoms with Crippen LogP contribution >= 0.6 is 11.6 Å². The average molecular weight is 297 g/mol. The molecule has 1 atom stereocenters. The van der Waals surface area contributed by atoms with E-state index in [4.69, 9.17) is 11.6 Å². The van der Waals surface area contributed by atoms with Crippen molar-refractivity contribution < 1.29 is 4.79 Å². The van der Waals surface area contributed by atoms with Crippen LogP contribution in [-0.2, 0) is 4.79 Å². The molecule has 0 aliphatic heterocycles. The number of imidazole rings is 1. The van der Waals surface area contributed by atoms with E-state index in [1.807, 2.05) is 13.8 Å². The van der Waals surface area contributed by atoms with Crippen LogP contribution in [0.5, 0.6) is 0 Å². The molecule has 2 heterocycles. The van der Waals surface area contributed by atoms with E-state index in [9.17, 15) is 4.79 Å². The molecule has 0 saturated heterocycles. The third-order valence-electron chi connectivity index (χ3n) is 2.69. The molecule has 0 fully saturated rings. The first-order chi connectivity index (χ1) is 9.47. The van der Waals surface area contributed by atoms with Crippen LogP contribution in [0.4, 0.5) is 5.82 Å². The van der Waals surface area contributed by atoms with Crippen LogP contribution in [0.25, 0.3) is 11.2 Å². The van der Waals surface area contributed by atoms with Crippen LogP contribution in [-0.4, -0.2) is 38.4 Å². The van der Waals surface area contributed by atoms with Gasteiger partial charge in [-0.3, -0.25) is 4.79 Å². The van der Waals surface area contributed by atoms with Gasteiger partial charge in [-0.05, 0) is 24.4 Å². The van der Waals surface area contributed by atoms with Crippen molar-refractivity contribution in [3.63, 3.8) is 0 Å². The lowest BCUT2D eigenvalue weighted by Gasteiger charge is -2.15. The van der Waals surface area contributed by atoms with Gasteiger partial charge in [0.25, 0.3) is 0 Å². The fraction of sp³-hybridized carbons (Fsp3) is 0.500. The molecule has 108 valence electrons. The number of carbonyl (C=O) groups excluding carboxylic acids is 1. The Kier molecular flexibility index (Phi) is 4.39. The normalized spacial score (nSPS) is 12.7. The highest BCUT2D eigenvalue weighted by Crippen LogP contribution is 2.19. The van der Waals surface area contributed by atoms with Gasteiger partial charge in [-0.2, -0.15) is 9.97 Å². The fourth-order valence-corrected chi connectivity index (χ4v) is 1.80. The molecule has 3 N–H and O–H groups in total. The van der Waals surface area contributed by atoms with Gasteiger partial charge in [0, 0.05) is 6.54 Å². The van der Waals surface area contributed by atoms with Crippen LogP contribution in [0.15, 0.2) is 6.33 Å². The lowest BCUT2D eigenvalue weighted by molar-refractivity contribution is -0.121. The van der Waals surface area contributed by atoms with Gasteiger partial charge in [0.1, 0.15) is 11.6 Å². The van der Waals surface area contributed by atoms with Crippen LogP contribution in [0, 0.1) is 5.92 Å². The predicted octanol–water partition coefficient (Wildman–Crippen LogP) is 1.58. The summed E-state index contributed by atoms with van der Waals surface area (Å²) < 4.78 is 0. The SMILES string of the molecule is CC(C)CNC(=O)C(C)Nc1nc(Cl)nc2nc[nH]c12. The molecule has 8 heteroatoms. The van der Waals surface area contributed by atoms with Gasteiger partial charge in [-0.25, -0.2) is 4.98 Å². The quantitative estimate of drug-likeness (QED) is 0.728. The zero-order valence-electron chi connectivity index (χ0n) is 11.6. The van der Waals surface area contributed by atoms with Gasteiger partial charge < -0.3 is 15.6 Å². The highest BCUT2D eigenvalue weighted by molar-refractivity contribution is 6.28. The van der Waals surface area contributed by atoms with Crippen molar-refractivity contribution in [2.75, 3.05) is 11.9 Å². The number of nitrogens with one attached hydrogen (secondary N) is 3. The number of hydrogen-bond acceptors (Lipinski definition) is 5. The van der Waals surface area contributed by atoms with Crippen LogP contribution < -0.4 is 10.6 Å². The summed E-state index contributed by atoms with van der Waals surface area (Å²) in [7, 11) is 0. The highest BCUT2D eigenvalue weighted by Gasteiger charge is 2.16. The smallest absolute Gasteiger partial charge is 0.242 e. The number of aromatic nitrogens is 4. The number of rotatable bonds is 5. The van der Waals surface area contributed by atoms with E-state index in [1.54, 1.807) is 6.92 Å². The molecule has 0 bridgehead atoms. The minimum absolute atomic E-state index is 0.0851. The third-order valence-corrected chi connectivity index (χ3v) is 2.86. The maximum Gasteiger partial charge on any atom is 0.242 e. The largest absolute Gasteiger partial charge is 0.357 e. The molecule has 7 nitrogen and oxygen atoms in total. The van der Waals surface area contributed by atoms with Crippen molar-refractivity contribution in [3.05, 3.63) is 11.6 Å². The maximum absolute atomic E-state index is 11.9. The summed E-state index contributed by atoms with van der Waals surface area (Å²) in [5.41, 5.74) is 1.08. The number of aromatic amines is 1. The Morgan fingerprint density at radius 3 is 2.85 bits per heavy atom. The summed E-state index contributed by atoms with van der Waals surface area (Å²) >= 11 is 5.83. The number of H-pyrrole nitrogens is 1. The number of anilines is 1. The van der Waals surface area contributed by atoms with E-state index in [2.05, 4.69) is 30.6 Å². The van der Waals surface area contributed by atoms with Crippen LogP contribution in [0.1, 0.15) is 20.8 Å². The summed E-state index contributed by atoms with van der Waals surface area (Å²) in [6.45, 7) is 6.47. The molecule has 0 radical (unpaired) electrons. The topological polar surface area (TPSA) is 95.6 Å². The first kappa shape index (κ1) is 14.5. The van der Waals surface area contributed by atoms with Crippen molar-refractivity contribution >= 4 is 34.5 Å². The van der Waals surface area contributed by atoms with E-state index in [1.165, 1.54) is 6.33 Å². The summed E-state index contributed by atoms with van der Waals surface area (Å²) in [5.74, 6) is 0.768. The number of hydrogen-bond donors (Lipinski definition) is 3. The second kappa shape index (κ2) is 6.04. The molecule has 0 spiro atoms. The second-order valence-electron chi connectivity index (χ2n) is 4.95. The molecule has 2 rings (SSSR count). The van der Waals surface area contributed by atoms with Crippen molar-refractivity contribution in [2.45, 2.75) is 26.8 Å². The zero-order chi connectivity index (χ0) is 14.7. The van der Waals surface area contributed by atoms with Crippen LogP contribution in [0.3, 0.4) is 0 Å². The van der Waals surface area contributed by atoms with Gasteiger partial charge in [0.05, 0.1) is 6.33 Å². The maximum atomic E-state index is 11.9. The van der Waals surface area contributed by atoms with E-state index in [0.29, 0.717) is 29.4 Å². The predicted molar refractivity (Wildman–Crippen MR) is 77.6 cm³/mol. The fourth-order valence-electron chi connectivity index (χ4n) is 1.64. The first-order valence-corrected chi connectivity index (χ1v) is 6.76. The Morgan fingerprint density at radius 1 is 1.40 bits per heavy atom. The Morgan fingerprint density at radius 2 is 2.15 bits per heavy atom. The summed E-state index contributed by atoms with van der Waals surface area (Å²) in [6.07, 6.45) is 1.50. The van der Waals surface area contributed by atoms with Gasteiger partial charge in [0.15, 0.2) is 11.5 Å². The molecule has 1 amide bonds. The summed E-state index contributed by atoms with van der Waals surface area (Å²) in [5, 5.41) is 5.96. The number of carbonyl (C=O) groups is 1. The van der Waals surface area contributed by atoms with Crippen molar-refractivity contribution in [3.8, 4) is 0 Å². The number of fused-ring (bicyclic) bond motifs is 1. The van der Waals surface area contributed by atoms with Crippen molar-refractivity contribution in [1.29, 1.82) is 0 Å². The summed E-state index contributed by atoms with van der Waals surface area (Å²) in [4.78, 5) is 26.9. The molecule has 20 heavy (non-hydrogen) atoms. The molecular formula is C12H17ClN6O. The Bertz CT molecular complexity index is 611. The van der Waals surface area contributed by atoms with E-state index < -0.39 is 6.04 Å². The van der Waals surface area contributed by atoms with Crippen molar-refractivity contribution in [1.82, 2.24) is 25.3 Å². The van der Waals surface area contributed by atoms with Crippen molar-refractivity contribution in [2.24, 2.45) is 5.92 Å². The average Bonchev–Trinajstić information content (AvgIpc) is 2.83. The van der Waals surface area contributed by atoms with Gasteiger partial charge in [-0.1, -0.05) is 13.8 Å². The number of nitrogens with zero attached hydrogens (tertiary/aromatic N) is 3. The molecule has 0 aromatic carbocycles. The molecule has 0 saturated carbocycles. The standard InChI is InChI=1S/C12H17ClN6O/c1-6(2)4-14-11(20)7(3)17-10-8-9(16-5-15-8)18-12(13)19-10/h5-7H,4H2,1-3H3,(H,14,20)(H2,15,16,17,18,19).